The minimum Gasteiger partial charge on any atom is -0.376 e. The van der Waals surface area contributed by atoms with Crippen molar-refractivity contribution in [1.82, 2.24) is 4.90 Å². The number of likely N-dealkylation sites (tertiary alicyclic amines) is 1. The standard InChI is InChI=1S/C19H25NO2/c1-2-22-18-12-13-20(19(21)16-10-6-7-11-16)17(18)14-15-8-4-3-5-9-15/h3-9,16-18H,2,10-14H2,1H3/t17-,18-/m0/s1. The average Bonchev–Trinajstić information content (AvgIpc) is 3.19. The van der Waals surface area contributed by atoms with E-state index in [-0.39, 0.29) is 18.1 Å². The first-order valence-electron chi connectivity index (χ1n) is 8.40. The smallest absolute Gasteiger partial charge is 0.226 e. The van der Waals surface area contributed by atoms with Crippen molar-refractivity contribution in [2.24, 2.45) is 5.92 Å². The Kier molecular flexibility index (Phi) is 4.94. The molecule has 0 saturated carbocycles. The third kappa shape index (κ3) is 3.25. The van der Waals surface area contributed by atoms with Crippen LogP contribution in [0.25, 0.3) is 0 Å². The monoisotopic (exact) mass is 299 g/mol. The zero-order chi connectivity index (χ0) is 15.4. The van der Waals surface area contributed by atoms with Crippen molar-refractivity contribution >= 4 is 5.91 Å². The van der Waals surface area contributed by atoms with E-state index >= 15 is 0 Å². The van der Waals surface area contributed by atoms with Crippen molar-refractivity contribution in [3.8, 4) is 0 Å². The molecule has 22 heavy (non-hydrogen) atoms. The molecule has 3 nitrogen and oxygen atoms in total. The Morgan fingerprint density at radius 1 is 1.23 bits per heavy atom. The van der Waals surface area contributed by atoms with Crippen LogP contribution in [0.1, 0.15) is 31.7 Å². The minimum atomic E-state index is 0.152. The number of benzene rings is 1. The van der Waals surface area contributed by atoms with Gasteiger partial charge in [0.2, 0.25) is 5.91 Å². The first-order chi connectivity index (χ1) is 10.8. The van der Waals surface area contributed by atoms with E-state index < -0.39 is 0 Å². The van der Waals surface area contributed by atoms with Gasteiger partial charge in [-0.05, 0) is 38.2 Å². The molecule has 1 heterocycles. The third-order valence-corrected chi connectivity index (χ3v) is 4.79. The average molecular weight is 299 g/mol. The van der Waals surface area contributed by atoms with E-state index in [1.165, 1.54) is 5.56 Å². The molecule has 1 aromatic rings. The van der Waals surface area contributed by atoms with Crippen LogP contribution in [0.2, 0.25) is 0 Å². The van der Waals surface area contributed by atoms with Gasteiger partial charge in [-0.15, -0.1) is 0 Å². The fourth-order valence-electron chi connectivity index (χ4n) is 3.66. The van der Waals surface area contributed by atoms with Crippen molar-refractivity contribution in [3.63, 3.8) is 0 Å². The highest BCUT2D eigenvalue weighted by molar-refractivity contribution is 5.80. The van der Waals surface area contributed by atoms with Crippen molar-refractivity contribution in [1.29, 1.82) is 0 Å². The van der Waals surface area contributed by atoms with E-state index in [1.807, 2.05) is 13.0 Å². The molecule has 3 heteroatoms. The number of hydrogen-bond donors (Lipinski definition) is 0. The van der Waals surface area contributed by atoms with E-state index in [9.17, 15) is 4.79 Å². The highest BCUT2D eigenvalue weighted by Crippen LogP contribution is 2.29. The van der Waals surface area contributed by atoms with Crippen molar-refractivity contribution in [3.05, 3.63) is 48.0 Å². The Labute approximate surface area is 133 Å². The molecule has 0 bridgehead atoms. The summed E-state index contributed by atoms with van der Waals surface area (Å²) in [5, 5.41) is 0. The minimum absolute atomic E-state index is 0.152. The van der Waals surface area contributed by atoms with Crippen LogP contribution in [-0.4, -0.2) is 36.1 Å². The highest BCUT2D eigenvalue weighted by Gasteiger charge is 2.39. The largest absolute Gasteiger partial charge is 0.376 e. The maximum Gasteiger partial charge on any atom is 0.226 e. The van der Waals surface area contributed by atoms with Crippen LogP contribution >= 0.6 is 0 Å². The molecule has 1 aromatic carbocycles. The van der Waals surface area contributed by atoms with Crippen LogP contribution in [-0.2, 0) is 16.0 Å². The van der Waals surface area contributed by atoms with Crippen molar-refractivity contribution < 1.29 is 9.53 Å². The van der Waals surface area contributed by atoms with Crippen LogP contribution in [0.3, 0.4) is 0 Å². The Balaban J connectivity index is 1.74. The summed E-state index contributed by atoms with van der Waals surface area (Å²) in [5.74, 6) is 0.465. The molecule has 0 N–H and O–H groups in total. The molecular weight excluding hydrogens is 274 g/mol. The molecule has 1 amide bonds. The molecule has 1 saturated heterocycles. The summed E-state index contributed by atoms with van der Waals surface area (Å²) in [6.45, 7) is 3.57. The number of rotatable bonds is 5. The van der Waals surface area contributed by atoms with Gasteiger partial charge in [-0.25, -0.2) is 0 Å². The summed E-state index contributed by atoms with van der Waals surface area (Å²) < 4.78 is 5.92. The van der Waals surface area contributed by atoms with Crippen molar-refractivity contribution in [2.75, 3.05) is 13.2 Å². The highest BCUT2D eigenvalue weighted by atomic mass is 16.5. The summed E-state index contributed by atoms with van der Waals surface area (Å²) >= 11 is 0. The van der Waals surface area contributed by atoms with Gasteiger partial charge in [0, 0.05) is 19.1 Å². The SMILES string of the molecule is CCO[C@H]1CCN(C(=O)C2CC=CC2)[C@H]1Cc1ccccc1. The normalized spacial score (nSPS) is 25.0. The molecule has 0 aromatic heterocycles. The van der Waals surface area contributed by atoms with E-state index in [4.69, 9.17) is 4.74 Å². The van der Waals surface area contributed by atoms with Crippen molar-refractivity contribution in [2.45, 2.75) is 44.8 Å². The van der Waals surface area contributed by atoms with Crippen LogP contribution in [0.4, 0.5) is 0 Å². The van der Waals surface area contributed by atoms with Crippen LogP contribution < -0.4 is 0 Å². The van der Waals surface area contributed by atoms with Crippen LogP contribution in [0.5, 0.6) is 0 Å². The fraction of sp³-hybridized carbons (Fsp3) is 0.526. The van der Waals surface area contributed by atoms with Gasteiger partial charge >= 0.3 is 0 Å². The molecule has 2 aliphatic rings. The third-order valence-electron chi connectivity index (χ3n) is 4.79. The van der Waals surface area contributed by atoms with Gasteiger partial charge < -0.3 is 9.64 Å². The summed E-state index contributed by atoms with van der Waals surface area (Å²) in [6, 6.07) is 10.6. The summed E-state index contributed by atoms with van der Waals surface area (Å²) in [6.07, 6.45) is 8.06. The summed E-state index contributed by atoms with van der Waals surface area (Å²) in [4.78, 5) is 14.9. The van der Waals surface area contributed by atoms with Gasteiger partial charge in [0.1, 0.15) is 0 Å². The predicted octanol–water partition coefficient (Wildman–Crippen LogP) is 3.20. The molecule has 0 radical (unpaired) electrons. The van der Waals surface area contributed by atoms with Gasteiger partial charge in [-0.1, -0.05) is 42.5 Å². The Hall–Kier alpha value is -1.61. The second-order valence-electron chi connectivity index (χ2n) is 6.21. The number of hydrogen-bond acceptors (Lipinski definition) is 2. The molecule has 1 aliphatic heterocycles. The lowest BCUT2D eigenvalue weighted by atomic mass is 10.00. The quantitative estimate of drug-likeness (QED) is 0.781. The number of carbonyl (C=O) groups excluding carboxylic acids is 1. The van der Waals surface area contributed by atoms with Gasteiger partial charge in [0.25, 0.3) is 0 Å². The number of ether oxygens (including phenoxy) is 1. The van der Waals surface area contributed by atoms with Gasteiger partial charge in [0.15, 0.2) is 0 Å². The molecule has 0 spiro atoms. The first kappa shape index (κ1) is 15.3. The molecule has 118 valence electrons. The maximum atomic E-state index is 12.8. The summed E-state index contributed by atoms with van der Waals surface area (Å²) in [5.41, 5.74) is 1.28. The van der Waals surface area contributed by atoms with Crippen LogP contribution in [0, 0.1) is 5.92 Å². The lowest BCUT2D eigenvalue weighted by Crippen LogP contribution is -2.44. The number of allylic oxidation sites excluding steroid dienone is 2. The molecule has 2 atom stereocenters. The zero-order valence-electron chi connectivity index (χ0n) is 13.3. The van der Waals surface area contributed by atoms with Gasteiger partial charge in [-0.3, -0.25) is 4.79 Å². The Morgan fingerprint density at radius 3 is 2.64 bits per heavy atom. The molecular formula is C19H25NO2. The van der Waals surface area contributed by atoms with Gasteiger partial charge in [-0.2, -0.15) is 0 Å². The molecule has 0 unspecified atom stereocenters. The predicted molar refractivity (Wildman–Crippen MR) is 87.5 cm³/mol. The first-order valence-corrected chi connectivity index (χ1v) is 8.40. The lowest BCUT2D eigenvalue weighted by Gasteiger charge is -2.30. The number of nitrogens with zero attached hydrogens (tertiary/aromatic N) is 1. The topological polar surface area (TPSA) is 29.5 Å². The van der Waals surface area contributed by atoms with Gasteiger partial charge in [0.05, 0.1) is 12.1 Å². The molecule has 3 rings (SSSR count). The van der Waals surface area contributed by atoms with E-state index in [2.05, 4.69) is 41.3 Å². The lowest BCUT2D eigenvalue weighted by molar-refractivity contribution is -0.137. The molecule has 1 aliphatic carbocycles. The zero-order valence-corrected chi connectivity index (χ0v) is 13.3. The fourth-order valence-corrected chi connectivity index (χ4v) is 3.66. The van der Waals surface area contributed by atoms with E-state index in [0.29, 0.717) is 12.5 Å². The van der Waals surface area contributed by atoms with E-state index in [1.54, 1.807) is 0 Å². The number of carbonyl (C=O) groups is 1. The Bertz CT molecular complexity index is 517. The second kappa shape index (κ2) is 7.10. The number of amides is 1. The van der Waals surface area contributed by atoms with Crippen LogP contribution in [0.15, 0.2) is 42.5 Å². The summed E-state index contributed by atoms with van der Waals surface area (Å²) in [7, 11) is 0. The molecule has 1 fully saturated rings. The second-order valence-corrected chi connectivity index (χ2v) is 6.21. The maximum absolute atomic E-state index is 12.8. The van der Waals surface area contributed by atoms with E-state index in [0.717, 1.165) is 32.2 Å². The Morgan fingerprint density at radius 2 is 1.95 bits per heavy atom.